The minimum Gasteiger partial charge on any atom is -0.465 e. The topological polar surface area (TPSA) is 81.8 Å². The molecule has 2 aromatic carbocycles. The quantitative estimate of drug-likeness (QED) is 0.796. The fraction of sp³-hybridized carbons (Fsp3) is 0.250. The van der Waals surface area contributed by atoms with Crippen molar-refractivity contribution in [3.63, 3.8) is 0 Å². The number of unbranched alkanes of at least 4 members (excludes halogenated alkanes) is 1. The number of amides is 1. The van der Waals surface area contributed by atoms with Gasteiger partial charge >= 0.3 is 5.97 Å². The lowest BCUT2D eigenvalue weighted by Crippen LogP contribution is -2.17. The molecule has 0 saturated heterocycles. The predicted molar refractivity (Wildman–Crippen MR) is 103 cm³/mol. The molecule has 134 valence electrons. The maximum Gasteiger partial charge on any atom is 0.337 e. The molecule has 0 radical (unpaired) electrons. The first-order valence-corrected chi connectivity index (χ1v) is 9.27. The number of carbonyl (C=O) groups is 2. The number of rotatable bonds is 5. The number of fused-ring (bicyclic) bond motifs is 2. The van der Waals surface area contributed by atoms with Gasteiger partial charge in [0.05, 0.1) is 24.1 Å². The van der Waals surface area contributed by atoms with E-state index < -0.39 is 11.9 Å². The van der Waals surface area contributed by atoms with Gasteiger partial charge in [-0.3, -0.25) is 9.79 Å². The van der Waals surface area contributed by atoms with Gasteiger partial charge in [0.2, 0.25) is 5.91 Å². The zero-order valence-corrected chi connectivity index (χ0v) is 15.6. The average Bonchev–Trinajstić information content (AvgIpc) is 2.81. The fourth-order valence-electron chi connectivity index (χ4n) is 2.90. The Hall–Kier alpha value is -2.60. The molecule has 0 spiro atoms. The van der Waals surface area contributed by atoms with Crippen LogP contribution in [-0.4, -0.2) is 24.7 Å². The molecule has 0 fully saturated rings. The Morgan fingerprint density at radius 3 is 2.69 bits per heavy atom. The van der Waals surface area contributed by atoms with Gasteiger partial charge in [0, 0.05) is 20.9 Å². The van der Waals surface area contributed by atoms with Crippen molar-refractivity contribution in [2.24, 2.45) is 10.7 Å². The Morgan fingerprint density at radius 1 is 1.19 bits per heavy atom. The summed E-state index contributed by atoms with van der Waals surface area (Å²) in [4.78, 5) is 30.5. The van der Waals surface area contributed by atoms with Gasteiger partial charge < -0.3 is 10.5 Å². The summed E-state index contributed by atoms with van der Waals surface area (Å²) in [5.74, 6) is -0.865. The molecule has 0 saturated carbocycles. The van der Waals surface area contributed by atoms with E-state index in [9.17, 15) is 9.59 Å². The molecule has 2 aromatic rings. The molecule has 0 unspecified atom stereocenters. The van der Waals surface area contributed by atoms with Crippen LogP contribution in [0.3, 0.4) is 0 Å². The second-order valence-electron chi connectivity index (χ2n) is 5.98. The fourth-order valence-corrected chi connectivity index (χ4v) is 3.96. The molecule has 26 heavy (non-hydrogen) atoms. The van der Waals surface area contributed by atoms with Crippen LogP contribution in [0, 0.1) is 0 Å². The van der Waals surface area contributed by atoms with Crippen molar-refractivity contribution >= 4 is 35.0 Å². The van der Waals surface area contributed by atoms with Crippen molar-refractivity contribution in [2.45, 2.75) is 36.0 Å². The van der Waals surface area contributed by atoms with Crippen LogP contribution in [0.5, 0.6) is 0 Å². The number of nitrogens with two attached hydrogens (primary N) is 1. The maximum absolute atomic E-state index is 12.0. The molecule has 3 rings (SSSR count). The summed E-state index contributed by atoms with van der Waals surface area (Å²) in [6.07, 6.45) is 2.69. The lowest BCUT2D eigenvalue weighted by Gasteiger charge is -2.12. The molecule has 0 aliphatic carbocycles. The highest BCUT2D eigenvalue weighted by molar-refractivity contribution is 7.99. The van der Waals surface area contributed by atoms with E-state index in [2.05, 4.69) is 6.92 Å². The molecule has 1 amide bonds. The van der Waals surface area contributed by atoms with Gasteiger partial charge in [0.15, 0.2) is 0 Å². The number of nitrogens with zero attached hydrogens (tertiary/aromatic N) is 1. The monoisotopic (exact) mass is 368 g/mol. The highest BCUT2D eigenvalue weighted by Crippen LogP contribution is 2.42. The Bertz CT molecular complexity index is 906. The normalized spacial score (nSPS) is 12.5. The Balaban J connectivity index is 2.20. The Morgan fingerprint density at radius 2 is 2.00 bits per heavy atom. The van der Waals surface area contributed by atoms with Crippen molar-refractivity contribution in [3.05, 3.63) is 53.1 Å². The summed E-state index contributed by atoms with van der Waals surface area (Å²) >= 11 is 1.53. The van der Waals surface area contributed by atoms with E-state index in [1.807, 2.05) is 18.2 Å². The summed E-state index contributed by atoms with van der Waals surface area (Å²) in [6, 6.07) is 10.9. The van der Waals surface area contributed by atoms with Crippen molar-refractivity contribution in [1.82, 2.24) is 0 Å². The third-order valence-corrected chi connectivity index (χ3v) is 5.33. The Labute approximate surface area is 156 Å². The number of primary amides is 1. The molecule has 6 heteroatoms. The van der Waals surface area contributed by atoms with Crippen molar-refractivity contribution in [2.75, 3.05) is 7.11 Å². The number of hydrogen-bond acceptors (Lipinski definition) is 5. The number of carbonyl (C=O) groups excluding carboxylic acids is 2. The zero-order valence-electron chi connectivity index (χ0n) is 14.7. The molecule has 1 heterocycles. The van der Waals surface area contributed by atoms with E-state index in [-0.39, 0.29) is 0 Å². The van der Waals surface area contributed by atoms with E-state index in [1.54, 1.807) is 18.2 Å². The summed E-state index contributed by atoms with van der Waals surface area (Å²) in [7, 11) is 1.35. The second kappa shape index (κ2) is 7.74. The predicted octanol–water partition coefficient (Wildman–Crippen LogP) is 4.35. The number of esters is 1. The number of benzene rings is 2. The van der Waals surface area contributed by atoms with Gasteiger partial charge in [-0.25, -0.2) is 4.79 Å². The largest absolute Gasteiger partial charge is 0.465 e. The lowest BCUT2D eigenvalue weighted by atomic mass is 9.98. The van der Waals surface area contributed by atoms with Gasteiger partial charge in [-0.1, -0.05) is 31.2 Å². The van der Waals surface area contributed by atoms with Crippen LogP contribution < -0.4 is 5.73 Å². The second-order valence-corrected chi connectivity index (χ2v) is 7.06. The van der Waals surface area contributed by atoms with Crippen LogP contribution in [0.25, 0.3) is 0 Å². The first-order chi connectivity index (χ1) is 12.5. The molecule has 5 nitrogen and oxygen atoms in total. The molecule has 0 atom stereocenters. The first kappa shape index (κ1) is 18.2. The van der Waals surface area contributed by atoms with Crippen molar-refractivity contribution in [3.8, 4) is 0 Å². The van der Waals surface area contributed by atoms with Crippen LogP contribution >= 0.6 is 11.8 Å². The summed E-state index contributed by atoms with van der Waals surface area (Å²) < 4.78 is 4.81. The van der Waals surface area contributed by atoms with Crippen LogP contribution in [0.2, 0.25) is 0 Å². The smallest absolute Gasteiger partial charge is 0.337 e. The van der Waals surface area contributed by atoms with Crippen LogP contribution in [0.1, 0.15) is 52.5 Å². The van der Waals surface area contributed by atoms with E-state index >= 15 is 0 Å². The summed E-state index contributed by atoms with van der Waals surface area (Å²) in [6.45, 7) is 2.11. The number of methoxy groups -OCH3 is 1. The van der Waals surface area contributed by atoms with E-state index in [1.165, 1.54) is 18.9 Å². The Kier molecular flexibility index (Phi) is 5.42. The SMILES string of the molecule is CCCCC1=Nc2cc(C(=O)OC)ccc2Sc2cccc(C(N)=O)c21. The number of ether oxygens (including phenoxy) is 1. The van der Waals surface area contributed by atoms with Crippen molar-refractivity contribution < 1.29 is 14.3 Å². The van der Waals surface area contributed by atoms with E-state index in [0.29, 0.717) is 16.8 Å². The summed E-state index contributed by atoms with van der Waals surface area (Å²) in [5.41, 5.74) is 8.86. The van der Waals surface area contributed by atoms with Gasteiger partial charge in [0.1, 0.15) is 0 Å². The van der Waals surface area contributed by atoms with Gasteiger partial charge in [-0.2, -0.15) is 0 Å². The molecule has 1 aliphatic rings. The molecule has 1 aliphatic heterocycles. The highest BCUT2D eigenvalue weighted by Gasteiger charge is 2.23. The number of aliphatic imine (C=N–C) groups is 1. The van der Waals surface area contributed by atoms with Gasteiger partial charge in [0.25, 0.3) is 0 Å². The standard InChI is InChI=1S/C20H20N2O3S/c1-3-4-7-14-18-13(19(21)23)6-5-8-17(18)26-16-10-9-12(20(24)25-2)11-15(16)22-14/h5-6,8-11H,3-4,7H2,1-2H3,(H2,21,23). The molecule has 0 bridgehead atoms. The third kappa shape index (κ3) is 3.51. The molecule has 0 aromatic heterocycles. The van der Waals surface area contributed by atoms with Gasteiger partial charge in [-0.15, -0.1) is 0 Å². The van der Waals surface area contributed by atoms with Gasteiger partial charge in [-0.05, 0) is 43.2 Å². The molecular weight excluding hydrogens is 348 g/mol. The zero-order chi connectivity index (χ0) is 18.7. The highest BCUT2D eigenvalue weighted by atomic mass is 32.2. The molecular formula is C20H20N2O3S. The van der Waals surface area contributed by atoms with E-state index in [4.69, 9.17) is 15.5 Å². The number of hydrogen-bond donors (Lipinski definition) is 1. The maximum atomic E-state index is 12.0. The minimum absolute atomic E-state index is 0.400. The van der Waals surface area contributed by atoms with E-state index in [0.717, 1.165) is 40.3 Å². The molecule has 2 N–H and O–H groups in total. The minimum atomic E-state index is -0.465. The van der Waals surface area contributed by atoms with Crippen LogP contribution in [0.4, 0.5) is 5.69 Å². The summed E-state index contributed by atoms with van der Waals surface area (Å²) in [5, 5.41) is 0. The van der Waals surface area contributed by atoms with Crippen LogP contribution in [-0.2, 0) is 4.74 Å². The first-order valence-electron chi connectivity index (χ1n) is 8.46. The average molecular weight is 368 g/mol. The van der Waals surface area contributed by atoms with Crippen LogP contribution in [0.15, 0.2) is 51.2 Å². The lowest BCUT2D eigenvalue weighted by molar-refractivity contribution is 0.0600. The third-order valence-electron chi connectivity index (χ3n) is 4.20. The van der Waals surface area contributed by atoms with Crippen molar-refractivity contribution in [1.29, 1.82) is 0 Å².